The van der Waals surface area contributed by atoms with Crippen LogP contribution in [0, 0.1) is 0 Å². The summed E-state index contributed by atoms with van der Waals surface area (Å²) in [6.07, 6.45) is 0. The van der Waals surface area contributed by atoms with Crippen molar-refractivity contribution in [3.8, 4) is 0 Å². The molecule has 2 aromatic rings. The molecule has 0 unspecified atom stereocenters. The third-order valence-electron chi connectivity index (χ3n) is 2.48. The molecule has 2 aromatic carbocycles. The van der Waals surface area contributed by atoms with Crippen LogP contribution in [0.5, 0.6) is 0 Å². The zero-order valence-electron chi connectivity index (χ0n) is 7.49. The van der Waals surface area contributed by atoms with Gasteiger partial charge in [0.15, 0.2) is 5.84 Å². The molecule has 0 spiro atoms. The van der Waals surface area contributed by atoms with Crippen molar-refractivity contribution in [3.05, 3.63) is 42.0 Å². The molecule has 3 rings (SSSR count). The van der Waals surface area contributed by atoms with Gasteiger partial charge in [0.05, 0.1) is 5.69 Å². The molecule has 14 heavy (non-hydrogen) atoms. The zero-order chi connectivity index (χ0) is 9.54. The Morgan fingerprint density at radius 3 is 2.71 bits per heavy atom. The highest BCUT2D eigenvalue weighted by Crippen LogP contribution is 2.29. The van der Waals surface area contributed by atoms with Crippen molar-refractivity contribution in [1.29, 1.82) is 0 Å². The summed E-state index contributed by atoms with van der Waals surface area (Å²) >= 11 is 0. The summed E-state index contributed by atoms with van der Waals surface area (Å²) in [5.41, 5.74) is 10.8. The van der Waals surface area contributed by atoms with Crippen LogP contribution in [0.15, 0.2) is 41.5 Å². The lowest BCUT2D eigenvalue weighted by Gasteiger charge is -2.15. The van der Waals surface area contributed by atoms with Crippen molar-refractivity contribution in [1.82, 2.24) is 0 Å². The van der Waals surface area contributed by atoms with E-state index in [2.05, 4.69) is 22.7 Å². The van der Waals surface area contributed by atoms with Gasteiger partial charge in [0.1, 0.15) is 0 Å². The molecule has 3 heteroatoms. The molecule has 3 N–H and O–H groups in total. The molecule has 1 heterocycles. The summed E-state index contributed by atoms with van der Waals surface area (Å²) in [6.45, 7) is 0. The van der Waals surface area contributed by atoms with Crippen LogP contribution in [0.1, 0.15) is 5.56 Å². The molecule has 0 saturated carbocycles. The van der Waals surface area contributed by atoms with E-state index in [-0.39, 0.29) is 0 Å². The van der Waals surface area contributed by atoms with Crippen molar-refractivity contribution in [3.63, 3.8) is 0 Å². The maximum Gasteiger partial charge on any atom is 0.151 e. The van der Waals surface area contributed by atoms with Gasteiger partial charge in [-0.05, 0) is 11.5 Å². The van der Waals surface area contributed by atoms with Crippen molar-refractivity contribution in [2.24, 2.45) is 10.8 Å². The lowest BCUT2D eigenvalue weighted by atomic mass is 10.0. The summed E-state index contributed by atoms with van der Waals surface area (Å²) in [5, 5.41) is 6.38. The number of anilines is 1. The number of nitrogens with one attached hydrogen (secondary N) is 1. The molecule has 0 fully saturated rings. The second kappa shape index (κ2) is 2.48. The number of nitrogens with two attached hydrogens (primary N) is 1. The van der Waals surface area contributed by atoms with E-state index >= 15 is 0 Å². The molecular formula is C11H9N3. The predicted molar refractivity (Wildman–Crippen MR) is 58.3 cm³/mol. The average Bonchev–Trinajstić information content (AvgIpc) is 2.24. The Kier molecular flexibility index (Phi) is 1.31. The van der Waals surface area contributed by atoms with Crippen LogP contribution < -0.4 is 11.2 Å². The number of amidine groups is 1. The lowest BCUT2D eigenvalue weighted by Crippen LogP contribution is -2.19. The van der Waals surface area contributed by atoms with Gasteiger partial charge in [-0.15, -0.1) is 0 Å². The topological polar surface area (TPSA) is 50.4 Å². The van der Waals surface area contributed by atoms with Crippen LogP contribution in [-0.4, -0.2) is 5.84 Å². The molecule has 0 amide bonds. The largest absolute Gasteiger partial charge is 0.382 e. The lowest BCUT2D eigenvalue weighted by molar-refractivity contribution is 1.30. The molecule has 68 valence electrons. The highest BCUT2D eigenvalue weighted by atomic mass is 15.3. The molecule has 0 atom stereocenters. The Bertz CT molecular complexity index is 538. The first-order chi connectivity index (χ1) is 6.86. The molecule has 0 bridgehead atoms. The summed E-state index contributed by atoms with van der Waals surface area (Å²) < 4.78 is 0. The Morgan fingerprint density at radius 2 is 1.86 bits per heavy atom. The maximum atomic E-state index is 5.79. The van der Waals surface area contributed by atoms with E-state index in [1.165, 1.54) is 5.39 Å². The fourth-order valence-electron chi connectivity index (χ4n) is 1.83. The zero-order valence-corrected chi connectivity index (χ0v) is 7.49. The van der Waals surface area contributed by atoms with Gasteiger partial charge >= 0.3 is 0 Å². The summed E-state index contributed by atoms with van der Waals surface area (Å²) in [5.74, 6) is 0.550. The molecule has 1 aliphatic heterocycles. The van der Waals surface area contributed by atoms with Crippen LogP contribution in [0.4, 0.5) is 5.69 Å². The second-order valence-corrected chi connectivity index (χ2v) is 3.32. The highest BCUT2D eigenvalue weighted by Gasteiger charge is 2.12. The van der Waals surface area contributed by atoms with E-state index in [1.807, 2.05) is 24.3 Å². The van der Waals surface area contributed by atoms with Crippen LogP contribution >= 0.6 is 0 Å². The van der Waals surface area contributed by atoms with E-state index in [0.29, 0.717) is 5.84 Å². The molecular weight excluding hydrogens is 174 g/mol. The van der Waals surface area contributed by atoms with Crippen molar-refractivity contribution < 1.29 is 0 Å². The van der Waals surface area contributed by atoms with Crippen molar-refractivity contribution in [2.45, 2.75) is 0 Å². The summed E-state index contributed by atoms with van der Waals surface area (Å²) in [7, 11) is 0. The Hall–Kier alpha value is -2.03. The third-order valence-corrected chi connectivity index (χ3v) is 2.48. The number of hydrazone groups is 1. The fourth-order valence-corrected chi connectivity index (χ4v) is 1.83. The summed E-state index contributed by atoms with van der Waals surface area (Å²) in [6, 6.07) is 12.1. The van der Waals surface area contributed by atoms with E-state index in [9.17, 15) is 0 Å². The molecule has 3 nitrogen and oxygen atoms in total. The SMILES string of the molecule is NC1=NNc2cccc3cccc1c23. The first-order valence-corrected chi connectivity index (χ1v) is 4.47. The molecule has 0 radical (unpaired) electrons. The number of rotatable bonds is 0. The Labute approximate surface area is 81.2 Å². The van der Waals surface area contributed by atoms with E-state index < -0.39 is 0 Å². The van der Waals surface area contributed by atoms with E-state index in [1.54, 1.807) is 0 Å². The minimum Gasteiger partial charge on any atom is -0.382 e. The Balaban J connectivity index is 2.52. The number of nitrogens with zero attached hydrogens (tertiary/aromatic N) is 1. The van der Waals surface area contributed by atoms with Gasteiger partial charge in [-0.25, -0.2) is 0 Å². The molecule has 0 saturated heterocycles. The number of benzene rings is 2. The smallest absolute Gasteiger partial charge is 0.151 e. The third kappa shape index (κ3) is 0.836. The average molecular weight is 183 g/mol. The van der Waals surface area contributed by atoms with Gasteiger partial charge in [-0.2, -0.15) is 5.10 Å². The second-order valence-electron chi connectivity index (χ2n) is 3.32. The standard InChI is InChI=1S/C11H9N3/c12-11-8-5-1-3-7-4-2-6-9(10(7)8)13-14-11/h1-6,13H,(H2,12,14). The van der Waals surface area contributed by atoms with Gasteiger partial charge in [-0.1, -0.05) is 30.3 Å². The first-order valence-electron chi connectivity index (χ1n) is 4.47. The van der Waals surface area contributed by atoms with Crippen LogP contribution in [0.3, 0.4) is 0 Å². The monoisotopic (exact) mass is 183 g/mol. The van der Waals surface area contributed by atoms with Gasteiger partial charge in [0, 0.05) is 10.9 Å². The van der Waals surface area contributed by atoms with Gasteiger partial charge in [-0.3, -0.25) is 5.43 Å². The Morgan fingerprint density at radius 1 is 1.07 bits per heavy atom. The van der Waals surface area contributed by atoms with Gasteiger partial charge < -0.3 is 5.73 Å². The predicted octanol–water partition coefficient (Wildman–Crippen LogP) is 1.89. The van der Waals surface area contributed by atoms with Crippen molar-refractivity contribution >= 4 is 22.3 Å². The van der Waals surface area contributed by atoms with Gasteiger partial charge in [0.2, 0.25) is 0 Å². The number of hydrogen-bond donors (Lipinski definition) is 2. The summed E-state index contributed by atoms with van der Waals surface area (Å²) in [4.78, 5) is 0. The minimum absolute atomic E-state index is 0.550. The highest BCUT2D eigenvalue weighted by molar-refractivity contribution is 6.15. The molecule has 1 aliphatic rings. The van der Waals surface area contributed by atoms with Crippen LogP contribution in [0.2, 0.25) is 0 Å². The van der Waals surface area contributed by atoms with E-state index in [0.717, 1.165) is 16.6 Å². The normalized spacial score (nSPS) is 13.6. The maximum absolute atomic E-state index is 5.79. The fraction of sp³-hybridized carbons (Fsp3) is 0. The van der Waals surface area contributed by atoms with Crippen molar-refractivity contribution in [2.75, 3.05) is 5.43 Å². The first kappa shape index (κ1) is 7.38. The molecule has 0 aliphatic carbocycles. The number of hydrogen-bond acceptors (Lipinski definition) is 3. The van der Waals surface area contributed by atoms with Crippen LogP contribution in [-0.2, 0) is 0 Å². The van der Waals surface area contributed by atoms with Gasteiger partial charge in [0.25, 0.3) is 0 Å². The van der Waals surface area contributed by atoms with E-state index in [4.69, 9.17) is 5.73 Å². The minimum atomic E-state index is 0.550. The van der Waals surface area contributed by atoms with Crippen LogP contribution in [0.25, 0.3) is 10.8 Å². The quantitative estimate of drug-likeness (QED) is 0.655. The molecule has 0 aromatic heterocycles.